The van der Waals surface area contributed by atoms with Crippen molar-refractivity contribution in [2.75, 3.05) is 19.8 Å². The third-order valence-electron chi connectivity index (χ3n) is 5.09. The third-order valence-corrected chi connectivity index (χ3v) is 5.09. The van der Waals surface area contributed by atoms with E-state index in [1.54, 1.807) is 12.4 Å². The monoisotopic (exact) mass is 340 g/mol. The zero-order valence-corrected chi connectivity index (χ0v) is 14.8. The molecule has 2 aliphatic rings. The van der Waals surface area contributed by atoms with Crippen molar-refractivity contribution < 1.29 is 9.53 Å². The van der Waals surface area contributed by atoms with E-state index in [2.05, 4.69) is 10.1 Å². The van der Waals surface area contributed by atoms with Crippen molar-refractivity contribution in [3.63, 3.8) is 0 Å². The Morgan fingerprint density at radius 3 is 2.88 bits per heavy atom. The zero-order valence-electron chi connectivity index (χ0n) is 14.8. The van der Waals surface area contributed by atoms with E-state index in [1.165, 1.54) is 18.4 Å². The zero-order chi connectivity index (χ0) is 17.4. The normalized spacial score (nSPS) is 19.8. The minimum Gasteiger partial charge on any atom is -0.379 e. The van der Waals surface area contributed by atoms with Gasteiger partial charge in [0.25, 0.3) is 5.91 Å². The van der Waals surface area contributed by atoms with Crippen LogP contribution in [0, 0.1) is 12.8 Å². The molecule has 1 atom stereocenters. The quantitative estimate of drug-likeness (QED) is 0.838. The average molecular weight is 340 g/mol. The Balaban J connectivity index is 1.60. The Kier molecular flexibility index (Phi) is 4.29. The van der Waals surface area contributed by atoms with E-state index in [9.17, 15) is 4.79 Å². The van der Waals surface area contributed by atoms with Crippen LogP contribution in [0.25, 0.3) is 0 Å². The van der Waals surface area contributed by atoms with Crippen molar-refractivity contribution in [2.45, 2.75) is 32.2 Å². The molecule has 1 saturated carbocycles. The molecule has 0 radical (unpaired) electrons. The molecule has 1 amide bonds. The Morgan fingerprint density at radius 1 is 1.28 bits per heavy atom. The molecule has 3 heterocycles. The molecule has 132 valence electrons. The fourth-order valence-corrected chi connectivity index (χ4v) is 3.54. The second kappa shape index (κ2) is 6.59. The van der Waals surface area contributed by atoms with E-state index in [-0.39, 0.29) is 11.9 Å². The minimum atomic E-state index is -0.0944. The van der Waals surface area contributed by atoms with Crippen LogP contribution in [0.5, 0.6) is 0 Å². The molecule has 1 fully saturated rings. The summed E-state index contributed by atoms with van der Waals surface area (Å²) in [5.41, 5.74) is 3.94. The standard InChI is InChI=1S/C19H24N4O2/c1-13-7-16(9-20-8-13)19(24)23-6-5-15-10-21-22(2)18(15)17(23)12-25-11-14-3-4-14/h7-10,14,17H,3-6,11-12H2,1-2H3. The van der Waals surface area contributed by atoms with E-state index >= 15 is 0 Å². The summed E-state index contributed by atoms with van der Waals surface area (Å²) in [7, 11) is 1.94. The third kappa shape index (κ3) is 3.31. The molecule has 0 bridgehead atoms. The van der Waals surface area contributed by atoms with Crippen molar-refractivity contribution in [3.05, 3.63) is 47.0 Å². The van der Waals surface area contributed by atoms with Gasteiger partial charge in [0.15, 0.2) is 0 Å². The van der Waals surface area contributed by atoms with Crippen LogP contribution in [0.15, 0.2) is 24.7 Å². The number of aromatic nitrogens is 3. The highest BCUT2D eigenvalue weighted by molar-refractivity contribution is 5.94. The molecule has 25 heavy (non-hydrogen) atoms. The lowest BCUT2D eigenvalue weighted by atomic mass is 9.99. The first-order valence-corrected chi connectivity index (χ1v) is 8.94. The predicted octanol–water partition coefficient (Wildman–Crippen LogP) is 2.29. The van der Waals surface area contributed by atoms with Crippen LogP contribution in [-0.2, 0) is 18.2 Å². The number of hydrogen-bond donors (Lipinski definition) is 0. The lowest BCUT2D eigenvalue weighted by Crippen LogP contribution is -2.43. The number of ether oxygens (including phenoxy) is 1. The lowest BCUT2D eigenvalue weighted by Gasteiger charge is -2.36. The molecule has 6 heteroatoms. The number of pyridine rings is 1. The van der Waals surface area contributed by atoms with Crippen molar-refractivity contribution in [1.82, 2.24) is 19.7 Å². The van der Waals surface area contributed by atoms with Crippen molar-refractivity contribution in [1.29, 1.82) is 0 Å². The fourth-order valence-electron chi connectivity index (χ4n) is 3.54. The van der Waals surface area contributed by atoms with Gasteiger partial charge in [-0.15, -0.1) is 0 Å². The first-order chi connectivity index (χ1) is 12.1. The maximum atomic E-state index is 13.1. The predicted molar refractivity (Wildman–Crippen MR) is 93.2 cm³/mol. The lowest BCUT2D eigenvalue weighted by molar-refractivity contribution is 0.0348. The number of rotatable bonds is 5. The fraction of sp³-hybridized carbons (Fsp3) is 0.526. The molecule has 0 spiro atoms. The molecule has 1 aliphatic heterocycles. The Morgan fingerprint density at radius 2 is 2.12 bits per heavy atom. The minimum absolute atomic E-state index is 0.0167. The van der Waals surface area contributed by atoms with Gasteiger partial charge < -0.3 is 9.64 Å². The molecule has 0 N–H and O–H groups in total. The molecule has 0 saturated heterocycles. The summed E-state index contributed by atoms with van der Waals surface area (Å²) in [5.74, 6) is 0.725. The van der Waals surface area contributed by atoms with Gasteiger partial charge >= 0.3 is 0 Å². The van der Waals surface area contributed by atoms with Crippen molar-refractivity contribution >= 4 is 5.91 Å². The van der Waals surface area contributed by atoms with Gasteiger partial charge in [0.2, 0.25) is 0 Å². The Bertz CT molecular complexity index is 781. The molecule has 1 aliphatic carbocycles. The van der Waals surface area contributed by atoms with E-state index in [1.807, 2.05) is 35.8 Å². The van der Waals surface area contributed by atoms with E-state index < -0.39 is 0 Å². The van der Waals surface area contributed by atoms with Gasteiger partial charge in [-0.2, -0.15) is 5.10 Å². The largest absolute Gasteiger partial charge is 0.379 e. The summed E-state index contributed by atoms with van der Waals surface area (Å²) >= 11 is 0. The first-order valence-electron chi connectivity index (χ1n) is 8.94. The van der Waals surface area contributed by atoms with E-state index in [0.717, 1.165) is 24.3 Å². The number of nitrogens with zero attached hydrogens (tertiary/aromatic N) is 4. The van der Waals surface area contributed by atoms with Crippen LogP contribution in [0.2, 0.25) is 0 Å². The first kappa shape index (κ1) is 16.3. The Hall–Kier alpha value is -2.21. The number of amides is 1. The summed E-state index contributed by atoms with van der Waals surface area (Å²) in [5, 5.41) is 4.40. The van der Waals surface area contributed by atoms with Gasteiger partial charge in [-0.1, -0.05) is 0 Å². The van der Waals surface area contributed by atoms with Gasteiger partial charge in [0.05, 0.1) is 30.1 Å². The van der Waals surface area contributed by atoms with Gasteiger partial charge in [-0.3, -0.25) is 14.5 Å². The summed E-state index contributed by atoms with van der Waals surface area (Å²) in [6, 6.07) is 1.80. The van der Waals surface area contributed by atoms with Crippen LogP contribution in [0.3, 0.4) is 0 Å². The van der Waals surface area contributed by atoms with Gasteiger partial charge in [-0.25, -0.2) is 0 Å². The van der Waals surface area contributed by atoms with E-state index in [0.29, 0.717) is 24.6 Å². The molecule has 2 aromatic heterocycles. The second-order valence-electron chi connectivity index (χ2n) is 7.17. The Labute approximate surface area is 147 Å². The highest BCUT2D eigenvalue weighted by atomic mass is 16.5. The number of aryl methyl sites for hydroxylation is 2. The van der Waals surface area contributed by atoms with Crippen LogP contribution in [-0.4, -0.2) is 45.3 Å². The number of carbonyl (C=O) groups is 1. The number of hydrogen-bond acceptors (Lipinski definition) is 4. The topological polar surface area (TPSA) is 60.2 Å². The van der Waals surface area contributed by atoms with Gasteiger partial charge in [-0.05, 0) is 49.3 Å². The molecular weight excluding hydrogens is 316 g/mol. The molecule has 0 aromatic carbocycles. The molecule has 2 aromatic rings. The van der Waals surface area contributed by atoms with Crippen LogP contribution >= 0.6 is 0 Å². The number of carbonyl (C=O) groups excluding carboxylic acids is 1. The molecule has 6 nitrogen and oxygen atoms in total. The second-order valence-corrected chi connectivity index (χ2v) is 7.17. The van der Waals surface area contributed by atoms with Crippen LogP contribution in [0.1, 0.15) is 46.1 Å². The highest BCUT2D eigenvalue weighted by Crippen LogP contribution is 2.33. The summed E-state index contributed by atoms with van der Waals surface area (Å²) in [6.45, 7) is 3.95. The summed E-state index contributed by atoms with van der Waals surface area (Å²) in [6.07, 6.45) is 8.68. The van der Waals surface area contributed by atoms with Crippen molar-refractivity contribution in [2.24, 2.45) is 13.0 Å². The molecule has 4 rings (SSSR count). The van der Waals surface area contributed by atoms with Crippen LogP contribution < -0.4 is 0 Å². The SMILES string of the molecule is Cc1cncc(C(=O)N2CCc3cnn(C)c3C2COCC2CC2)c1. The highest BCUT2D eigenvalue weighted by Gasteiger charge is 2.34. The maximum absolute atomic E-state index is 13.1. The number of fused-ring (bicyclic) bond motifs is 1. The average Bonchev–Trinajstić information content (AvgIpc) is 3.36. The van der Waals surface area contributed by atoms with Gasteiger partial charge in [0.1, 0.15) is 0 Å². The molecule has 1 unspecified atom stereocenters. The van der Waals surface area contributed by atoms with Crippen LogP contribution in [0.4, 0.5) is 0 Å². The van der Waals surface area contributed by atoms with E-state index in [4.69, 9.17) is 4.74 Å². The van der Waals surface area contributed by atoms with Gasteiger partial charge in [0, 0.05) is 32.6 Å². The summed E-state index contributed by atoms with van der Waals surface area (Å²) < 4.78 is 7.85. The molecular formula is C19H24N4O2. The maximum Gasteiger partial charge on any atom is 0.256 e. The summed E-state index contributed by atoms with van der Waals surface area (Å²) in [4.78, 5) is 19.2. The van der Waals surface area contributed by atoms with Crippen molar-refractivity contribution in [3.8, 4) is 0 Å². The smallest absolute Gasteiger partial charge is 0.256 e.